The van der Waals surface area contributed by atoms with Gasteiger partial charge >= 0.3 is 0 Å². The van der Waals surface area contributed by atoms with Crippen LogP contribution in [0, 0.1) is 6.92 Å². The second kappa shape index (κ2) is 4.79. The molecular weight excluding hydrogens is 318 g/mol. The predicted molar refractivity (Wildman–Crippen MR) is 72.6 cm³/mol. The fraction of sp³-hybridized carbons (Fsp3) is 0.417. The fourth-order valence-corrected chi connectivity index (χ4v) is 2.98. The van der Waals surface area contributed by atoms with Gasteiger partial charge < -0.3 is 0 Å². The van der Waals surface area contributed by atoms with Crippen molar-refractivity contribution in [2.75, 3.05) is 5.33 Å². The van der Waals surface area contributed by atoms with E-state index in [1.54, 1.807) is 0 Å². The number of rotatable bonds is 2. The van der Waals surface area contributed by atoms with E-state index in [-0.39, 0.29) is 0 Å². The molecule has 1 aromatic rings. The maximum absolute atomic E-state index is 4.71. The van der Waals surface area contributed by atoms with Gasteiger partial charge in [-0.3, -0.25) is 4.99 Å². The van der Waals surface area contributed by atoms with Crippen molar-refractivity contribution in [2.24, 2.45) is 4.99 Å². The van der Waals surface area contributed by atoms with Crippen molar-refractivity contribution in [2.45, 2.75) is 24.2 Å². The summed E-state index contributed by atoms with van der Waals surface area (Å²) in [6.07, 6.45) is 1.09. The monoisotopic (exact) mass is 329 g/mol. The molecule has 0 fully saturated rings. The van der Waals surface area contributed by atoms with E-state index < -0.39 is 0 Å². The molecule has 2 unspecified atom stereocenters. The van der Waals surface area contributed by atoms with Gasteiger partial charge in [0.25, 0.3) is 0 Å². The molecule has 1 aliphatic rings. The molecule has 0 aliphatic carbocycles. The number of halogens is 2. The number of hydrogen-bond acceptors (Lipinski definition) is 1. The van der Waals surface area contributed by atoms with Crippen LogP contribution in [0.4, 0.5) is 0 Å². The Morgan fingerprint density at radius 1 is 1.33 bits per heavy atom. The quantitative estimate of drug-likeness (QED) is 0.733. The molecule has 2 rings (SSSR count). The third-order valence-corrected chi connectivity index (χ3v) is 4.18. The van der Waals surface area contributed by atoms with Crippen LogP contribution in [-0.4, -0.2) is 21.9 Å². The summed E-state index contributed by atoms with van der Waals surface area (Å²) in [6.45, 7) is 2.10. The zero-order chi connectivity index (χ0) is 10.8. The minimum Gasteiger partial charge on any atom is -0.284 e. The van der Waals surface area contributed by atoms with E-state index >= 15 is 0 Å². The summed E-state index contributed by atoms with van der Waals surface area (Å²) >= 11 is 7.18. The van der Waals surface area contributed by atoms with Crippen LogP contribution < -0.4 is 0 Å². The van der Waals surface area contributed by atoms with Crippen LogP contribution in [0.25, 0.3) is 0 Å². The first-order valence-electron chi connectivity index (χ1n) is 5.05. The summed E-state index contributed by atoms with van der Waals surface area (Å²) in [7, 11) is 0. The molecule has 1 aliphatic heterocycles. The van der Waals surface area contributed by atoms with Crippen molar-refractivity contribution in [3.05, 3.63) is 35.4 Å². The van der Waals surface area contributed by atoms with Gasteiger partial charge in [0.1, 0.15) is 0 Å². The van der Waals surface area contributed by atoms with E-state index in [0.717, 1.165) is 11.8 Å². The second-order valence-corrected chi connectivity index (χ2v) is 5.64. The molecule has 3 heteroatoms. The Balaban J connectivity index is 2.27. The maximum atomic E-state index is 4.71. The van der Waals surface area contributed by atoms with Crippen LogP contribution in [0.3, 0.4) is 0 Å². The normalized spacial score (nSPS) is 25.4. The molecule has 0 N–H and O–H groups in total. The highest BCUT2D eigenvalue weighted by Crippen LogP contribution is 2.26. The number of aryl methyl sites for hydroxylation is 1. The van der Waals surface area contributed by atoms with Gasteiger partial charge in [-0.15, -0.1) is 0 Å². The first-order chi connectivity index (χ1) is 7.20. The van der Waals surface area contributed by atoms with Crippen molar-refractivity contribution in [3.8, 4) is 0 Å². The average molecular weight is 331 g/mol. The Kier molecular flexibility index (Phi) is 3.62. The lowest BCUT2D eigenvalue weighted by atomic mass is 10.1. The molecular formula is C12H13Br2N. The molecule has 1 heterocycles. The molecule has 0 bridgehead atoms. The molecule has 0 saturated heterocycles. The van der Waals surface area contributed by atoms with Gasteiger partial charge in [0, 0.05) is 5.33 Å². The summed E-state index contributed by atoms with van der Waals surface area (Å²) in [5, 5.41) is 0.949. The summed E-state index contributed by atoms with van der Waals surface area (Å²) in [5.41, 5.74) is 3.73. The Bertz CT molecular complexity index is 370. The molecule has 0 spiro atoms. The third-order valence-electron chi connectivity index (χ3n) is 2.62. The van der Waals surface area contributed by atoms with Crippen LogP contribution in [0.15, 0.2) is 29.3 Å². The smallest absolute Gasteiger partial charge is 0.0614 e. The van der Waals surface area contributed by atoms with Gasteiger partial charge in [-0.05, 0) is 18.9 Å². The molecule has 0 amide bonds. The number of aliphatic imine (C=N–C) groups is 1. The van der Waals surface area contributed by atoms with Crippen molar-refractivity contribution in [1.82, 2.24) is 0 Å². The summed E-state index contributed by atoms with van der Waals surface area (Å²) in [5.74, 6) is 0. The molecule has 1 nitrogen and oxygen atoms in total. The Labute approximate surface area is 107 Å². The van der Waals surface area contributed by atoms with Crippen molar-refractivity contribution in [3.63, 3.8) is 0 Å². The minimum atomic E-state index is 0.405. The summed E-state index contributed by atoms with van der Waals surface area (Å²) < 4.78 is 0. The average Bonchev–Trinajstić information content (AvgIpc) is 2.61. The third kappa shape index (κ3) is 2.51. The molecule has 0 saturated carbocycles. The van der Waals surface area contributed by atoms with Crippen LogP contribution in [0.1, 0.15) is 17.5 Å². The zero-order valence-corrected chi connectivity index (χ0v) is 11.8. The highest BCUT2D eigenvalue weighted by atomic mass is 79.9. The van der Waals surface area contributed by atoms with Gasteiger partial charge in [-0.1, -0.05) is 61.7 Å². The van der Waals surface area contributed by atoms with E-state index in [4.69, 9.17) is 4.99 Å². The second-order valence-electron chi connectivity index (χ2n) is 3.89. The number of nitrogens with zero attached hydrogens (tertiary/aromatic N) is 1. The number of alkyl halides is 2. The van der Waals surface area contributed by atoms with Gasteiger partial charge in [0.2, 0.25) is 0 Å². The number of hydrogen-bond donors (Lipinski definition) is 0. The van der Waals surface area contributed by atoms with Crippen LogP contribution in [0.2, 0.25) is 0 Å². The molecule has 0 aromatic heterocycles. The Hall–Kier alpha value is -0.150. The van der Waals surface area contributed by atoms with E-state index in [9.17, 15) is 0 Å². The van der Waals surface area contributed by atoms with Gasteiger partial charge in [0.05, 0.1) is 16.6 Å². The Morgan fingerprint density at radius 3 is 2.53 bits per heavy atom. The Morgan fingerprint density at radius 2 is 2.00 bits per heavy atom. The maximum Gasteiger partial charge on any atom is 0.0614 e. The van der Waals surface area contributed by atoms with Crippen LogP contribution in [-0.2, 0) is 0 Å². The molecule has 2 atom stereocenters. The van der Waals surface area contributed by atoms with Crippen molar-refractivity contribution < 1.29 is 0 Å². The number of benzene rings is 1. The lowest BCUT2D eigenvalue weighted by molar-refractivity contribution is 0.763. The SMILES string of the molecule is Cc1ccc(C2=NC(CBr)CC2Br)cc1. The zero-order valence-electron chi connectivity index (χ0n) is 8.58. The van der Waals surface area contributed by atoms with E-state index in [0.29, 0.717) is 10.9 Å². The minimum absolute atomic E-state index is 0.405. The van der Waals surface area contributed by atoms with Crippen LogP contribution in [0.5, 0.6) is 0 Å². The van der Waals surface area contributed by atoms with Crippen LogP contribution >= 0.6 is 31.9 Å². The standard InChI is InChI=1S/C12H13Br2N/c1-8-2-4-9(5-3-8)12-11(14)6-10(7-13)15-12/h2-5,10-11H,6-7H2,1H3. The van der Waals surface area contributed by atoms with Gasteiger partial charge in [-0.2, -0.15) is 0 Å². The van der Waals surface area contributed by atoms with E-state index in [1.165, 1.54) is 16.8 Å². The first-order valence-corrected chi connectivity index (χ1v) is 7.09. The molecule has 80 valence electrons. The molecule has 1 aromatic carbocycles. The lowest BCUT2D eigenvalue weighted by Crippen LogP contribution is -2.10. The topological polar surface area (TPSA) is 12.4 Å². The summed E-state index contributed by atoms with van der Waals surface area (Å²) in [4.78, 5) is 5.12. The fourth-order valence-electron chi connectivity index (χ4n) is 1.76. The molecule has 15 heavy (non-hydrogen) atoms. The van der Waals surface area contributed by atoms with Gasteiger partial charge in [0.15, 0.2) is 0 Å². The molecule has 0 radical (unpaired) electrons. The van der Waals surface area contributed by atoms with Crippen molar-refractivity contribution >= 4 is 37.6 Å². The predicted octanol–water partition coefficient (Wildman–Crippen LogP) is 3.71. The van der Waals surface area contributed by atoms with Crippen molar-refractivity contribution in [1.29, 1.82) is 0 Å². The highest BCUT2D eigenvalue weighted by molar-refractivity contribution is 9.10. The largest absolute Gasteiger partial charge is 0.284 e. The lowest BCUT2D eigenvalue weighted by Gasteiger charge is -2.05. The first kappa shape index (κ1) is 11.3. The van der Waals surface area contributed by atoms with E-state index in [1.807, 2.05) is 0 Å². The summed E-state index contributed by atoms with van der Waals surface area (Å²) in [6, 6.07) is 9.00. The van der Waals surface area contributed by atoms with E-state index in [2.05, 4.69) is 63.0 Å². The highest BCUT2D eigenvalue weighted by Gasteiger charge is 2.26. The van der Waals surface area contributed by atoms with Gasteiger partial charge in [-0.25, -0.2) is 0 Å².